The third-order valence-electron chi connectivity index (χ3n) is 5.86. The number of carbonyl (C=O) groups excluding carboxylic acids is 1. The molecule has 1 amide bonds. The van der Waals surface area contributed by atoms with E-state index in [1.165, 1.54) is 18.2 Å². The molecule has 1 aliphatic carbocycles. The maximum atomic E-state index is 13.3. The van der Waals surface area contributed by atoms with E-state index in [4.69, 9.17) is 5.26 Å². The van der Waals surface area contributed by atoms with Crippen LogP contribution in [-0.2, 0) is 13.0 Å². The number of fused-ring (bicyclic) bond motifs is 1. The van der Waals surface area contributed by atoms with E-state index in [1.54, 1.807) is 22.8 Å². The van der Waals surface area contributed by atoms with Gasteiger partial charge in [0.15, 0.2) is 5.16 Å². The Morgan fingerprint density at radius 2 is 1.94 bits per heavy atom. The van der Waals surface area contributed by atoms with Gasteiger partial charge in [-0.2, -0.15) is 5.26 Å². The van der Waals surface area contributed by atoms with Crippen molar-refractivity contribution in [3.63, 3.8) is 0 Å². The van der Waals surface area contributed by atoms with Crippen LogP contribution in [0.4, 0.5) is 0 Å². The van der Waals surface area contributed by atoms with Crippen molar-refractivity contribution in [2.45, 2.75) is 56.3 Å². The summed E-state index contributed by atoms with van der Waals surface area (Å²) in [5, 5.41) is 13.1. The Kier molecular flexibility index (Phi) is 7.23. The second-order valence-corrected chi connectivity index (χ2v) is 9.02. The fourth-order valence-electron chi connectivity index (χ4n) is 4.15. The quantitative estimate of drug-likeness (QED) is 0.431. The van der Waals surface area contributed by atoms with Gasteiger partial charge < -0.3 is 5.32 Å². The van der Waals surface area contributed by atoms with E-state index in [1.807, 2.05) is 30.3 Å². The molecule has 0 atom stereocenters. The third-order valence-corrected chi connectivity index (χ3v) is 6.70. The number of benzene rings is 2. The summed E-state index contributed by atoms with van der Waals surface area (Å²) in [5.41, 5.74) is 1.98. The minimum absolute atomic E-state index is 0.125. The summed E-state index contributed by atoms with van der Waals surface area (Å²) in [5.74, 6) is 0.0746. The lowest BCUT2D eigenvalue weighted by Gasteiger charge is -2.22. The Labute approximate surface area is 191 Å². The lowest BCUT2D eigenvalue weighted by atomic mass is 9.95. The van der Waals surface area contributed by atoms with Crippen molar-refractivity contribution in [3.05, 3.63) is 70.0 Å². The fourth-order valence-corrected chi connectivity index (χ4v) is 4.83. The molecule has 4 rings (SSSR count). The van der Waals surface area contributed by atoms with Gasteiger partial charge in [0.05, 0.1) is 22.7 Å². The molecule has 7 heteroatoms. The normalized spacial score (nSPS) is 14.2. The summed E-state index contributed by atoms with van der Waals surface area (Å²) in [6.07, 6.45) is 6.23. The summed E-state index contributed by atoms with van der Waals surface area (Å²) < 4.78 is 1.64. The average Bonchev–Trinajstić information content (AvgIpc) is 2.83. The van der Waals surface area contributed by atoms with Gasteiger partial charge in [-0.3, -0.25) is 14.2 Å². The van der Waals surface area contributed by atoms with Gasteiger partial charge >= 0.3 is 0 Å². The van der Waals surface area contributed by atoms with Crippen LogP contribution in [0, 0.1) is 11.3 Å². The number of thioether (sulfide) groups is 1. The van der Waals surface area contributed by atoms with Crippen molar-refractivity contribution in [2.24, 2.45) is 0 Å². The summed E-state index contributed by atoms with van der Waals surface area (Å²) in [7, 11) is 0. The molecule has 1 aliphatic rings. The average molecular weight is 447 g/mol. The molecule has 164 valence electrons. The van der Waals surface area contributed by atoms with Crippen molar-refractivity contribution in [3.8, 4) is 6.07 Å². The maximum Gasteiger partial charge on any atom is 0.262 e. The third kappa shape index (κ3) is 5.20. The number of amides is 1. The number of hydrogen-bond donors (Lipinski definition) is 1. The molecule has 0 saturated heterocycles. The van der Waals surface area contributed by atoms with Gasteiger partial charge in [-0.15, -0.1) is 0 Å². The van der Waals surface area contributed by atoms with Gasteiger partial charge in [0, 0.05) is 18.2 Å². The number of nitriles is 1. The van der Waals surface area contributed by atoms with Gasteiger partial charge in [0.25, 0.3) is 11.5 Å². The van der Waals surface area contributed by atoms with Crippen LogP contribution in [0.2, 0.25) is 0 Å². The van der Waals surface area contributed by atoms with Crippen LogP contribution in [-0.4, -0.2) is 27.3 Å². The first-order valence-electron chi connectivity index (χ1n) is 11.0. The van der Waals surface area contributed by atoms with E-state index in [-0.39, 0.29) is 23.3 Å². The Morgan fingerprint density at radius 3 is 2.69 bits per heavy atom. The number of hydrogen-bond acceptors (Lipinski definition) is 5. The van der Waals surface area contributed by atoms with Crippen LogP contribution in [0.3, 0.4) is 0 Å². The molecule has 0 radical (unpaired) electrons. The zero-order valence-corrected chi connectivity index (χ0v) is 18.7. The summed E-state index contributed by atoms with van der Waals surface area (Å²) in [6, 6.07) is 17.4. The van der Waals surface area contributed by atoms with E-state index in [0.29, 0.717) is 34.6 Å². The second-order valence-electron chi connectivity index (χ2n) is 8.07. The van der Waals surface area contributed by atoms with Gasteiger partial charge in [0.2, 0.25) is 0 Å². The highest BCUT2D eigenvalue weighted by Crippen LogP contribution is 2.21. The predicted molar refractivity (Wildman–Crippen MR) is 127 cm³/mol. The van der Waals surface area contributed by atoms with E-state index in [2.05, 4.69) is 16.4 Å². The van der Waals surface area contributed by atoms with Crippen molar-refractivity contribution in [1.29, 1.82) is 5.26 Å². The standard InChI is InChI=1S/C25H26N4O2S/c26-14-16-32-25-28-22-17-19(23(30)27-20-9-5-2-6-10-20)11-12-21(22)24(31)29(25)15-13-18-7-3-1-4-8-18/h1,3-4,7-8,11-12,17,20H,2,5-6,9-10,13,15-16H2,(H,27,30). The number of carbonyl (C=O) groups is 1. The molecule has 0 unspecified atom stereocenters. The molecule has 0 aliphatic heterocycles. The summed E-state index contributed by atoms with van der Waals surface area (Å²) in [6.45, 7) is 0.476. The van der Waals surface area contributed by atoms with Crippen molar-refractivity contribution in [1.82, 2.24) is 14.9 Å². The van der Waals surface area contributed by atoms with E-state index in [0.717, 1.165) is 31.2 Å². The zero-order valence-electron chi connectivity index (χ0n) is 17.9. The van der Waals surface area contributed by atoms with Gasteiger partial charge in [-0.25, -0.2) is 4.98 Å². The van der Waals surface area contributed by atoms with E-state index >= 15 is 0 Å². The SMILES string of the molecule is N#CCSc1nc2cc(C(=O)NC3CCCCC3)ccc2c(=O)n1CCc1ccccc1. The number of nitrogens with zero attached hydrogens (tertiary/aromatic N) is 3. The van der Waals surface area contributed by atoms with Crippen LogP contribution < -0.4 is 10.9 Å². The maximum absolute atomic E-state index is 13.3. The largest absolute Gasteiger partial charge is 0.349 e. The summed E-state index contributed by atoms with van der Waals surface area (Å²) in [4.78, 5) is 30.7. The molecule has 1 saturated carbocycles. The van der Waals surface area contributed by atoms with Crippen LogP contribution in [0.15, 0.2) is 58.5 Å². The van der Waals surface area contributed by atoms with Crippen LogP contribution >= 0.6 is 11.8 Å². The molecular formula is C25H26N4O2S. The number of nitrogens with one attached hydrogen (secondary N) is 1. The first kappa shape index (κ1) is 22.1. The van der Waals surface area contributed by atoms with E-state index in [9.17, 15) is 9.59 Å². The fraction of sp³-hybridized carbons (Fsp3) is 0.360. The van der Waals surface area contributed by atoms with Gasteiger partial charge in [-0.1, -0.05) is 61.4 Å². The molecule has 3 aromatic rings. The van der Waals surface area contributed by atoms with Crippen LogP contribution in [0.5, 0.6) is 0 Å². The first-order chi connectivity index (χ1) is 15.7. The lowest BCUT2D eigenvalue weighted by molar-refractivity contribution is 0.0928. The molecule has 0 spiro atoms. The first-order valence-corrected chi connectivity index (χ1v) is 12.0. The Morgan fingerprint density at radius 1 is 1.16 bits per heavy atom. The molecule has 1 aromatic heterocycles. The van der Waals surface area contributed by atoms with Crippen molar-refractivity contribution < 1.29 is 4.79 Å². The van der Waals surface area contributed by atoms with Crippen LogP contribution in [0.25, 0.3) is 10.9 Å². The molecule has 1 fully saturated rings. The Hall–Kier alpha value is -3.11. The smallest absolute Gasteiger partial charge is 0.262 e. The number of rotatable bonds is 7. The van der Waals surface area contributed by atoms with E-state index < -0.39 is 0 Å². The molecule has 32 heavy (non-hydrogen) atoms. The highest BCUT2D eigenvalue weighted by Gasteiger charge is 2.18. The topological polar surface area (TPSA) is 87.8 Å². The van der Waals surface area contributed by atoms with Crippen molar-refractivity contribution in [2.75, 3.05) is 5.75 Å². The molecule has 2 aromatic carbocycles. The van der Waals surface area contributed by atoms with Gasteiger partial charge in [-0.05, 0) is 43.0 Å². The predicted octanol–water partition coefficient (Wildman–Crippen LogP) is 4.32. The molecular weight excluding hydrogens is 420 g/mol. The lowest BCUT2D eigenvalue weighted by Crippen LogP contribution is -2.36. The number of aryl methyl sites for hydroxylation is 1. The van der Waals surface area contributed by atoms with Crippen LogP contribution in [0.1, 0.15) is 48.0 Å². The minimum atomic E-state index is -0.148. The number of aromatic nitrogens is 2. The Bertz CT molecular complexity index is 1190. The van der Waals surface area contributed by atoms with Crippen molar-refractivity contribution >= 4 is 28.6 Å². The highest BCUT2D eigenvalue weighted by atomic mass is 32.2. The highest BCUT2D eigenvalue weighted by molar-refractivity contribution is 7.99. The zero-order chi connectivity index (χ0) is 22.3. The van der Waals surface area contributed by atoms with Gasteiger partial charge in [0.1, 0.15) is 0 Å². The molecule has 1 heterocycles. The summed E-state index contributed by atoms with van der Waals surface area (Å²) >= 11 is 1.24. The molecule has 0 bridgehead atoms. The molecule has 1 N–H and O–H groups in total. The minimum Gasteiger partial charge on any atom is -0.349 e. The Balaban J connectivity index is 1.63. The molecule has 6 nitrogen and oxygen atoms in total. The monoisotopic (exact) mass is 446 g/mol. The second kappa shape index (κ2) is 10.5.